The lowest BCUT2D eigenvalue weighted by Gasteiger charge is -2.09. The summed E-state index contributed by atoms with van der Waals surface area (Å²) in [7, 11) is 0. The van der Waals surface area contributed by atoms with Gasteiger partial charge in [0.2, 0.25) is 5.95 Å². The van der Waals surface area contributed by atoms with Crippen LogP contribution in [0.1, 0.15) is 18.3 Å². The molecule has 0 unspecified atom stereocenters. The number of hydrogen-bond donors (Lipinski definition) is 1. The molecule has 3 aromatic heterocycles. The van der Waals surface area contributed by atoms with Crippen LogP contribution in [0, 0.1) is 13.8 Å². The van der Waals surface area contributed by atoms with Crippen molar-refractivity contribution in [2.24, 2.45) is 0 Å². The van der Waals surface area contributed by atoms with Crippen molar-refractivity contribution in [3.63, 3.8) is 0 Å². The summed E-state index contributed by atoms with van der Waals surface area (Å²) >= 11 is 1.62. The van der Waals surface area contributed by atoms with E-state index in [-0.39, 0.29) is 0 Å². The molecule has 0 saturated carbocycles. The third-order valence-corrected chi connectivity index (χ3v) is 3.93. The Hall–Kier alpha value is -1.95. The molecule has 0 aliphatic heterocycles. The Bertz CT molecular complexity index is 728. The molecule has 0 spiro atoms. The van der Waals surface area contributed by atoms with Crippen LogP contribution in [-0.4, -0.2) is 26.1 Å². The highest BCUT2D eigenvalue weighted by Gasteiger charge is 2.13. The number of nitrogens with one attached hydrogen (secondary N) is 1. The molecule has 0 aliphatic rings. The first-order valence-corrected chi connectivity index (χ1v) is 7.08. The van der Waals surface area contributed by atoms with Gasteiger partial charge in [-0.15, -0.1) is 11.3 Å². The number of rotatable bonds is 3. The summed E-state index contributed by atoms with van der Waals surface area (Å²) in [6.45, 7) is 6.89. The Morgan fingerprint density at radius 1 is 1.32 bits per heavy atom. The number of aryl methyl sites for hydroxylation is 1. The van der Waals surface area contributed by atoms with Crippen molar-refractivity contribution in [2.45, 2.75) is 20.8 Å². The van der Waals surface area contributed by atoms with Gasteiger partial charge in [-0.05, 0) is 32.2 Å². The molecule has 0 radical (unpaired) electrons. The van der Waals surface area contributed by atoms with Crippen molar-refractivity contribution in [1.29, 1.82) is 0 Å². The Morgan fingerprint density at radius 2 is 2.16 bits per heavy atom. The molecular formula is C13H15N5S. The lowest BCUT2D eigenvalue weighted by molar-refractivity contribution is 0.950. The van der Waals surface area contributed by atoms with Crippen molar-refractivity contribution in [3.05, 3.63) is 29.2 Å². The zero-order chi connectivity index (χ0) is 13.4. The molecule has 0 saturated heterocycles. The van der Waals surface area contributed by atoms with Crippen LogP contribution in [0.2, 0.25) is 0 Å². The van der Waals surface area contributed by atoms with Gasteiger partial charge in [0.05, 0.1) is 11.1 Å². The summed E-state index contributed by atoms with van der Waals surface area (Å²) in [6.07, 6.45) is 1.82. The van der Waals surface area contributed by atoms with E-state index in [1.54, 1.807) is 11.3 Å². The number of anilines is 1. The largest absolute Gasteiger partial charge is 0.354 e. The van der Waals surface area contributed by atoms with Crippen molar-refractivity contribution in [3.8, 4) is 5.82 Å². The quantitative estimate of drug-likeness (QED) is 0.797. The summed E-state index contributed by atoms with van der Waals surface area (Å²) in [5.74, 6) is 1.55. The Balaban J connectivity index is 2.26. The second kappa shape index (κ2) is 4.62. The van der Waals surface area contributed by atoms with Gasteiger partial charge < -0.3 is 5.32 Å². The molecule has 19 heavy (non-hydrogen) atoms. The average Bonchev–Trinajstić information content (AvgIpc) is 2.98. The van der Waals surface area contributed by atoms with Gasteiger partial charge in [-0.3, -0.25) is 4.57 Å². The third kappa shape index (κ3) is 1.98. The van der Waals surface area contributed by atoms with Gasteiger partial charge in [0.1, 0.15) is 11.2 Å². The second-order valence-corrected chi connectivity index (χ2v) is 5.22. The van der Waals surface area contributed by atoms with Crippen molar-refractivity contribution >= 4 is 27.5 Å². The molecule has 0 bridgehead atoms. The van der Waals surface area contributed by atoms with Crippen molar-refractivity contribution in [1.82, 2.24) is 19.5 Å². The zero-order valence-corrected chi connectivity index (χ0v) is 12.0. The summed E-state index contributed by atoms with van der Waals surface area (Å²) in [5, 5.41) is 6.28. The molecule has 1 N–H and O–H groups in total. The minimum Gasteiger partial charge on any atom is -0.354 e. The topological polar surface area (TPSA) is 55.6 Å². The monoisotopic (exact) mass is 273 g/mol. The van der Waals surface area contributed by atoms with E-state index in [2.05, 4.69) is 33.3 Å². The summed E-state index contributed by atoms with van der Waals surface area (Å²) in [5.41, 5.74) is 2.13. The summed E-state index contributed by atoms with van der Waals surface area (Å²) in [6, 6.07) is 2.06. The van der Waals surface area contributed by atoms with E-state index in [1.165, 1.54) is 0 Å². The summed E-state index contributed by atoms with van der Waals surface area (Å²) < 4.78 is 2.02. The number of fused-ring (bicyclic) bond motifs is 1. The molecule has 6 heteroatoms. The van der Waals surface area contributed by atoms with Gasteiger partial charge in [0.15, 0.2) is 5.82 Å². The van der Waals surface area contributed by atoms with Crippen LogP contribution >= 0.6 is 11.3 Å². The van der Waals surface area contributed by atoms with Gasteiger partial charge in [0, 0.05) is 12.2 Å². The number of nitrogens with zero attached hydrogens (tertiary/aromatic N) is 4. The smallest absolute Gasteiger partial charge is 0.226 e. The van der Waals surface area contributed by atoms with E-state index < -0.39 is 0 Å². The molecule has 3 rings (SSSR count). The predicted molar refractivity (Wildman–Crippen MR) is 78.2 cm³/mol. The van der Waals surface area contributed by atoms with Crippen molar-refractivity contribution in [2.75, 3.05) is 11.9 Å². The average molecular weight is 273 g/mol. The predicted octanol–water partition coefficient (Wildman–Crippen LogP) is 2.93. The minimum absolute atomic E-state index is 0.665. The first kappa shape index (κ1) is 12.1. The van der Waals surface area contributed by atoms with Crippen LogP contribution in [0.4, 0.5) is 5.95 Å². The van der Waals surface area contributed by atoms with Crippen LogP contribution < -0.4 is 5.32 Å². The SMILES string of the molecule is CCNc1nc(-n2cnc(C)c2C)c2ccsc2n1. The first-order chi connectivity index (χ1) is 9.20. The van der Waals surface area contributed by atoms with Gasteiger partial charge in [0.25, 0.3) is 0 Å². The molecule has 3 heterocycles. The van der Waals surface area contributed by atoms with Gasteiger partial charge in [-0.2, -0.15) is 4.98 Å². The maximum Gasteiger partial charge on any atom is 0.226 e. The van der Waals surface area contributed by atoms with E-state index in [1.807, 2.05) is 30.1 Å². The second-order valence-electron chi connectivity index (χ2n) is 4.33. The van der Waals surface area contributed by atoms with E-state index in [9.17, 15) is 0 Å². The van der Waals surface area contributed by atoms with E-state index >= 15 is 0 Å². The third-order valence-electron chi connectivity index (χ3n) is 3.12. The molecule has 5 nitrogen and oxygen atoms in total. The van der Waals surface area contributed by atoms with E-state index in [0.29, 0.717) is 5.95 Å². The van der Waals surface area contributed by atoms with E-state index in [0.717, 1.165) is 34.0 Å². The molecule has 0 atom stereocenters. The fourth-order valence-corrected chi connectivity index (χ4v) is 2.73. The fraction of sp³-hybridized carbons (Fsp3) is 0.308. The van der Waals surface area contributed by atoms with Crippen molar-refractivity contribution < 1.29 is 0 Å². The molecule has 3 aromatic rings. The van der Waals surface area contributed by atoms with Crippen LogP contribution in [0.5, 0.6) is 0 Å². The Morgan fingerprint density at radius 3 is 2.84 bits per heavy atom. The fourth-order valence-electron chi connectivity index (χ4n) is 1.97. The molecule has 0 aromatic carbocycles. The van der Waals surface area contributed by atoms with Crippen LogP contribution in [0.25, 0.3) is 16.0 Å². The van der Waals surface area contributed by atoms with Crippen LogP contribution in [0.3, 0.4) is 0 Å². The normalized spacial score (nSPS) is 11.1. The van der Waals surface area contributed by atoms with Crippen LogP contribution in [0.15, 0.2) is 17.8 Å². The standard InChI is InChI=1S/C13H15N5S/c1-4-14-13-16-11(10-5-6-19-12(10)17-13)18-7-15-8(2)9(18)3/h5-7H,4H2,1-3H3,(H,14,16,17). The van der Waals surface area contributed by atoms with Gasteiger partial charge >= 0.3 is 0 Å². The molecule has 0 amide bonds. The Labute approximate surface area is 115 Å². The maximum atomic E-state index is 4.61. The number of hydrogen-bond acceptors (Lipinski definition) is 5. The zero-order valence-electron chi connectivity index (χ0n) is 11.1. The summed E-state index contributed by atoms with van der Waals surface area (Å²) in [4.78, 5) is 14.5. The number of thiophene rings is 1. The molecule has 98 valence electrons. The van der Waals surface area contributed by atoms with Gasteiger partial charge in [-0.1, -0.05) is 0 Å². The number of imidazole rings is 1. The highest BCUT2D eigenvalue weighted by molar-refractivity contribution is 7.16. The first-order valence-electron chi connectivity index (χ1n) is 6.20. The molecule has 0 fully saturated rings. The maximum absolute atomic E-state index is 4.61. The highest BCUT2D eigenvalue weighted by Crippen LogP contribution is 2.26. The van der Waals surface area contributed by atoms with E-state index in [4.69, 9.17) is 0 Å². The molecular weight excluding hydrogens is 258 g/mol. The minimum atomic E-state index is 0.665. The lowest BCUT2D eigenvalue weighted by atomic mass is 10.3. The van der Waals surface area contributed by atoms with Crippen LogP contribution in [-0.2, 0) is 0 Å². The Kier molecular flexibility index (Phi) is 2.94. The van der Waals surface area contributed by atoms with Gasteiger partial charge in [-0.25, -0.2) is 9.97 Å². The molecule has 0 aliphatic carbocycles. The number of aromatic nitrogens is 4. The lowest BCUT2D eigenvalue weighted by Crippen LogP contribution is -2.06. The highest BCUT2D eigenvalue weighted by atomic mass is 32.1.